The van der Waals surface area contributed by atoms with Crippen molar-refractivity contribution < 1.29 is 24.5 Å². The van der Waals surface area contributed by atoms with E-state index in [-0.39, 0.29) is 20.1 Å². The van der Waals surface area contributed by atoms with Gasteiger partial charge in [0, 0.05) is 58.1 Å². The summed E-state index contributed by atoms with van der Waals surface area (Å²) in [7, 11) is -1.23. The molecule has 44 heavy (non-hydrogen) atoms. The molecule has 0 unspecified atom stereocenters. The molecule has 8 rings (SSSR count). The standard InChI is InChI=1S/C24H14NOS.C14H16NSi.Ir/c1-14-10-11-16(24-23(14)17-7-2-4-8-20(17)26-24)19-12-22-18(13-25-19)15-6-3-5-9-21(15)27-22;1-16(2,3)13-9-10-14(15-11-13)12-7-5-4-6-8-12;/h2-10,12-13H,1H3;4-7,9-11H,1-3H3;/q2*-1;. The van der Waals surface area contributed by atoms with Crippen LogP contribution in [0.5, 0.6) is 0 Å². The predicted octanol–water partition coefficient (Wildman–Crippen LogP) is 10.2. The molecule has 0 bridgehead atoms. The molecule has 4 aromatic heterocycles. The molecule has 0 spiro atoms. The Morgan fingerprint density at radius 3 is 2.23 bits per heavy atom. The van der Waals surface area contributed by atoms with Gasteiger partial charge in [0.2, 0.25) is 0 Å². The number of para-hydroxylation sites is 1. The predicted molar refractivity (Wildman–Crippen MR) is 185 cm³/mol. The number of hydrogen-bond donors (Lipinski definition) is 0. The van der Waals surface area contributed by atoms with Gasteiger partial charge in [0.15, 0.2) is 0 Å². The number of pyridine rings is 2. The van der Waals surface area contributed by atoms with Gasteiger partial charge in [0.25, 0.3) is 0 Å². The van der Waals surface area contributed by atoms with Gasteiger partial charge in [-0.2, -0.15) is 0 Å². The van der Waals surface area contributed by atoms with Crippen LogP contribution in [0.2, 0.25) is 19.6 Å². The Morgan fingerprint density at radius 1 is 0.727 bits per heavy atom. The Morgan fingerprint density at radius 2 is 1.48 bits per heavy atom. The Hall–Kier alpha value is -3.93. The summed E-state index contributed by atoms with van der Waals surface area (Å²) in [6.45, 7) is 9.10. The van der Waals surface area contributed by atoms with Gasteiger partial charge >= 0.3 is 0 Å². The van der Waals surface area contributed by atoms with Gasteiger partial charge in [-0.05, 0) is 28.7 Å². The Bertz CT molecular complexity index is 2230. The van der Waals surface area contributed by atoms with Crippen molar-refractivity contribution in [3.8, 4) is 22.5 Å². The van der Waals surface area contributed by atoms with E-state index in [0.29, 0.717) is 0 Å². The third-order valence-corrected chi connectivity index (χ3v) is 10.9. The van der Waals surface area contributed by atoms with Crippen molar-refractivity contribution in [1.29, 1.82) is 0 Å². The fraction of sp³-hybridized carbons (Fsp3) is 0.105. The Balaban J connectivity index is 0.000000174. The molecule has 0 saturated carbocycles. The first-order chi connectivity index (χ1) is 20.9. The van der Waals surface area contributed by atoms with Crippen LogP contribution in [0.1, 0.15) is 5.56 Å². The van der Waals surface area contributed by atoms with Gasteiger partial charge in [0.1, 0.15) is 5.58 Å². The normalized spacial score (nSPS) is 11.5. The van der Waals surface area contributed by atoms with E-state index in [4.69, 9.17) is 9.40 Å². The van der Waals surface area contributed by atoms with E-state index < -0.39 is 8.07 Å². The number of furan rings is 1. The SMILES string of the molecule is C[Si](C)(C)c1ccc(-c2[c-]cccc2)nc1.Cc1c[c-]c(-c2cc3sc4ccccc4c3cn2)c2oc3ccccc3c12.[Ir]. The zero-order valence-electron chi connectivity index (χ0n) is 24.9. The molecule has 1 radical (unpaired) electrons. The number of rotatable bonds is 3. The third-order valence-electron chi connectivity index (χ3n) is 7.78. The molecule has 4 heterocycles. The van der Waals surface area contributed by atoms with Crippen LogP contribution in [-0.4, -0.2) is 18.0 Å². The van der Waals surface area contributed by atoms with E-state index in [1.54, 1.807) is 11.3 Å². The second-order valence-electron chi connectivity index (χ2n) is 11.8. The fourth-order valence-electron chi connectivity index (χ4n) is 5.43. The number of fused-ring (bicyclic) bond motifs is 6. The minimum absolute atomic E-state index is 0. The molecule has 0 amide bonds. The van der Waals surface area contributed by atoms with Crippen molar-refractivity contribution in [1.82, 2.24) is 9.97 Å². The van der Waals surface area contributed by atoms with Gasteiger partial charge in [0.05, 0.1) is 13.7 Å². The average molecular weight is 783 g/mol. The number of nitrogens with zero attached hydrogens (tertiary/aromatic N) is 2. The van der Waals surface area contributed by atoms with Crippen LogP contribution in [0.4, 0.5) is 0 Å². The monoisotopic (exact) mass is 783 g/mol. The number of benzene rings is 4. The largest absolute Gasteiger partial charge is 0.501 e. The van der Waals surface area contributed by atoms with Gasteiger partial charge in [-0.25, -0.2) is 0 Å². The Kier molecular flexibility index (Phi) is 8.36. The van der Waals surface area contributed by atoms with Gasteiger partial charge in [-0.3, -0.25) is 0 Å². The molecule has 0 N–H and O–H groups in total. The summed E-state index contributed by atoms with van der Waals surface area (Å²) in [5.41, 5.74) is 6.82. The van der Waals surface area contributed by atoms with E-state index >= 15 is 0 Å². The van der Waals surface area contributed by atoms with Gasteiger partial charge in [-0.1, -0.05) is 92.1 Å². The summed E-state index contributed by atoms with van der Waals surface area (Å²) >= 11 is 1.80. The minimum atomic E-state index is -1.23. The number of aromatic nitrogens is 2. The smallest absolute Gasteiger partial charge is 0.120 e. The van der Waals surface area contributed by atoms with Crippen LogP contribution < -0.4 is 5.19 Å². The molecular weight excluding hydrogens is 753 g/mol. The van der Waals surface area contributed by atoms with Crippen LogP contribution in [-0.2, 0) is 20.1 Å². The van der Waals surface area contributed by atoms with Crippen molar-refractivity contribution in [2.24, 2.45) is 0 Å². The number of hydrogen-bond acceptors (Lipinski definition) is 4. The van der Waals surface area contributed by atoms with E-state index in [0.717, 1.165) is 44.5 Å². The van der Waals surface area contributed by atoms with Crippen LogP contribution in [0.3, 0.4) is 0 Å². The van der Waals surface area contributed by atoms with Gasteiger partial charge < -0.3 is 14.4 Å². The molecule has 6 heteroatoms. The second-order valence-corrected chi connectivity index (χ2v) is 17.9. The summed E-state index contributed by atoms with van der Waals surface area (Å²) in [6.07, 6.45) is 3.99. The maximum absolute atomic E-state index is 6.22. The minimum Gasteiger partial charge on any atom is -0.501 e. The van der Waals surface area contributed by atoms with Crippen molar-refractivity contribution >= 4 is 66.7 Å². The fourth-order valence-corrected chi connectivity index (χ4v) is 7.58. The molecule has 4 aromatic carbocycles. The number of thiophene rings is 1. The van der Waals surface area contributed by atoms with Crippen LogP contribution in [0.25, 0.3) is 64.6 Å². The van der Waals surface area contributed by atoms with E-state index in [1.165, 1.54) is 30.9 Å². The third kappa shape index (κ3) is 5.67. The number of aryl methyl sites for hydroxylation is 1. The van der Waals surface area contributed by atoms with Crippen LogP contribution in [0.15, 0.2) is 114 Å². The second kappa shape index (κ2) is 12.2. The molecule has 0 aliphatic rings. The van der Waals surface area contributed by atoms with Crippen molar-refractivity contribution in [3.63, 3.8) is 0 Å². The molecule has 0 fully saturated rings. The quantitative estimate of drug-likeness (QED) is 0.132. The van der Waals surface area contributed by atoms with Crippen LogP contribution in [0, 0.1) is 19.1 Å². The molecule has 0 atom stereocenters. The zero-order chi connectivity index (χ0) is 29.6. The topological polar surface area (TPSA) is 38.9 Å². The van der Waals surface area contributed by atoms with Crippen molar-refractivity contribution in [2.45, 2.75) is 26.6 Å². The molecule has 0 aliphatic heterocycles. The molecule has 219 valence electrons. The van der Waals surface area contributed by atoms with E-state index in [1.807, 2.05) is 54.9 Å². The van der Waals surface area contributed by atoms with E-state index in [9.17, 15) is 0 Å². The summed E-state index contributed by atoms with van der Waals surface area (Å²) in [4.78, 5) is 9.28. The van der Waals surface area contributed by atoms with E-state index in [2.05, 4.69) is 98.3 Å². The summed E-state index contributed by atoms with van der Waals surface area (Å²) in [5, 5.41) is 6.15. The van der Waals surface area contributed by atoms with Crippen molar-refractivity contribution in [2.75, 3.05) is 0 Å². The molecule has 0 aliphatic carbocycles. The van der Waals surface area contributed by atoms with Gasteiger partial charge in [-0.15, -0.1) is 64.9 Å². The molecule has 8 aromatic rings. The van der Waals surface area contributed by atoms with Crippen molar-refractivity contribution in [3.05, 3.63) is 127 Å². The summed E-state index contributed by atoms with van der Waals surface area (Å²) in [5.74, 6) is 0. The molecule has 0 saturated heterocycles. The summed E-state index contributed by atoms with van der Waals surface area (Å²) in [6, 6.07) is 39.7. The first-order valence-electron chi connectivity index (χ1n) is 14.4. The first-order valence-corrected chi connectivity index (χ1v) is 18.7. The van der Waals surface area contributed by atoms with Crippen LogP contribution >= 0.6 is 11.3 Å². The maximum Gasteiger partial charge on any atom is 0.120 e. The first kappa shape index (κ1) is 30.1. The molecule has 3 nitrogen and oxygen atoms in total. The Labute approximate surface area is 276 Å². The zero-order valence-corrected chi connectivity index (χ0v) is 29.1. The summed E-state index contributed by atoms with van der Waals surface area (Å²) < 4.78 is 8.74. The average Bonchev–Trinajstić information content (AvgIpc) is 3.61. The maximum atomic E-state index is 6.22. The molecular formula is C38H30IrN2OSSi-2.